The zero-order valence-corrected chi connectivity index (χ0v) is 16.6. The van der Waals surface area contributed by atoms with Crippen molar-refractivity contribution in [3.8, 4) is 5.75 Å². The van der Waals surface area contributed by atoms with Crippen molar-refractivity contribution < 1.29 is 23.5 Å². The summed E-state index contributed by atoms with van der Waals surface area (Å²) in [5, 5.41) is 0. The first kappa shape index (κ1) is 21.3. The number of rotatable bonds is 10. The number of furan rings is 1. The van der Waals surface area contributed by atoms with Crippen molar-refractivity contribution in [2.24, 2.45) is 0 Å². The van der Waals surface area contributed by atoms with Crippen molar-refractivity contribution in [1.29, 1.82) is 0 Å². The normalized spacial score (nSPS) is 11.0. The zero-order valence-electron chi connectivity index (χ0n) is 16.6. The number of carbonyl (C=O) groups is 2. The van der Waals surface area contributed by atoms with Gasteiger partial charge in [0.2, 0.25) is 5.91 Å². The van der Waals surface area contributed by atoms with E-state index in [-0.39, 0.29) is 37.5 Å². The highest BCUT2D eigenvalue weighted by atomic mass is 16.5. The van der Waals surface area contributed by atoms with Gasteiger partial charge in [-0.1, -0.05) is 12.1 Å². The number of esters is 1. The van der Waals surface area contributed by atoms with Gasteiger partial charge in [0.25, 0.3) is 0 Å². The van der Waals surface area contributed by atoms with Crippen LogP contribution in [0.25, 0.3) is 6.08 Å². The maximum atomic E-state index is 12.7. The Labute approximate surface area is 165 Å². The lowest BCUT2D eigenvalue weighted by Gasteiger charge is -2.19. The van der Waals surface area contributed by atoms with Crippen LogP contribution in [0.2, 0.25) is 0 Å². The van der Waals surface area contributed by atoms with Crippen molar-refractivity contribution in [2.45, 2.75) is 39.8 Å². The average molecular weight is 385 g/mol. The van der Waals surface area contributed by atoms with E-state index in [2.05, 4.69) is 0 Å². The largest absolute Gasteiger partial charge is 0.491 e. The molecular weight excluding hydrogens is 358 g/mol. The maximum absolute atomic E-state index is 12.7. The van der Waals surface area contributed by atoms with Gasteiger partial charge in [-0.25, -0.2) is 0 Å². The molecule has 0 fully saturated rings. The molecule has 28 heavy (non-hydrogen) atoms. The molecule has 150 valence electrons. The highest BCUT2D eigenvalue weighted by molar-refractivity contribution is 5.92. The summed E-state index contributed by atoms with van der Waals surface area (Å²) in [7, 11) is 0. The second kappa shape index (κ2) is 11.0. The van der Waals surface area contributed by atoms with Crippen LogP contribution in [0.3, 0.4) is 0 Å². The Bertz CT molecular complexity index is 780. The second-order valence-corrected chi connectivity index (χ2v) is 6.47. The molecule has 0 spiro atoms. The number of hydrogen-bond donors (Lipinski definition) is 0. The molecule has 1 aromatic carbocycles. The Hall–Kier alpha value is -3.02. The fourth-order valence-corrected chi connectivity index (χ4v) is 2.55. The average Bonchev–Trinajstić information content (AvgIpc) is 3.16. The second-order valence-electron chi connectivity index (χ2n) is 6.47. The van der Waals surface area contributed by atoms with E-state index in [0.29, 0.717) is 12.4 Å². The Morgan fingerprint density at radius 2 is 2.04 bits per heavy atom. The van der Waals surface area contributed by atoms with Crippen molar-refractivity contribution in [2.75, 3.05) is 13.2 Å². The lowest BCUT2D eigenvalue weighted by atomic mass is 10.2. The summed E-state index contributed by atoms with van der Waals surface area (Å²) in [5.74, 6) is 0.857. The van der Waals surface area contributed by atoms with E-state index in [4.69, 9.17) is 13.9 Å². The fourth-order valence-electron chi connectivity index (χ4n) is 2.55. The first-order valence-electron chi connectivity index (χ1n) is 9.39. The minimum Gasteiger partial charge on any atom is -0.491 e. The first-order chi connectivity index (χ1) is 13.5. The summed E-state index contributed by atoms with van der Waals surface area (Å²) in [6.45, 7) is 6.53. The summed E-state index contributed by atoms with van der Waals surface area (Å²) >= 11 is 0. The molecule has 0 saturated heterocycles. The Morgan fingerprint density at radius 3 is 2.71 bits per heavy atom. The third kappa shape index (κ3) is 7.31. The Kier molecular flexibility index (Phi) is 8.34. The molecular formula is C22H27NO5. The zero-order chi connectivity index (χ0) is 20.4. The van der Waals surface area contributed by atoms with Crippen LogP contribution in [-0.4, -0.2) is 36.0 Å². The van der Waals surface area contributed by atoms with Crippen molar-refractivity contribution >= 4 is 18.0 Å². The summed E-state index contributed by atoms with van der Waals surface area (Å²) in [6.07, 6.45) is 4.98. The predicted molar refractivity (Wildman–Crippen MR) is 107 cm³/mol. The van der Waals surface area contributed by atoms with Crippen LogP contribution >= 0.6 is 0 Å². The molecule has 6 nitrogen and oxygen atoms in total. The number of amides is 1. The van der Waals surface area contributed by atoms with Gasteiger partial charge in [0.05, 0.1) is 31.9 Å². The van der Waals surface area contributed by atoms with E-state index in [1.807, 2.05) is 38.1 Å². The predicted octanol–water partition coefficient (Wildman–Crippen LogP) is 4.06. The SMILES string of the molecule is CCOC(=O)CCN(Cc1ccco1)C(=O)/C=C/c1cccc(OC(C)C)c1. The monoisotopic (exact) mass is 385 g/mol. The highest BCUT2D eigenvalue weighted by Crippen LogP contribution is 2.16. The number of nitrogens with zero attached hydrogens (tertiary/aromatic N) is 1. The molecule has 0 aliphatic carbocycles. The molecule has 6 heteroatoms. The molecule has 2 aromatic rings. The molecule has 0 atom stereocenters. The number of ether oxygens (including phenoxy) is 2. The number of carbonyl (C=O) groups excluding carboxylic acids is 2. The number of hydrogen-bond acceptors (Lipinski definition) is 5. The molecule has 0 aliphatic rings. The molecule has 0 unspecified atom stereocenters. The van der Waals surface area contributed by atoms with Crippen molar-refractivity contribution in [3.05, 3.63) is 60.1 Å². The fraction of sp³-hybridized carbons (Fsp3) is 0.364. The third-order valence-electron chi connectivity index (χ3n) is 3.78. The Morgan fingerprint density at radius 1 is 1.21 bits per heavy atom. The van der Waals surface area contributed by atoms with Crippen LogP contribution in [0, 0.1) is 0 Å². The maximum Gasteiger partial charge on any atom is 0.307 e. The molecule has 1 aromatic heterocycles. The van der Waals surface area contributed by atoms with Gasteiger partial charge in [-0.3, -0.25) is 9.59 Å². The molecule has 0 saturated carbocycles. The van der Waals surface area contributed by atoms with Gasteiger partial charge in [-0.05, 0) is 56.7 Å². The Balaban J connectivity index is 2.05. The standard InChI is InChI=1S/C22H27NO5/c1-4-26-22(25)12-13-23(16-20-9-6-14-27-20)21(24)11-10-18-7-5-8-19(15-18)28-17(2)3/h5-11,14-15,17H,4,12-13,16H2,1-3H3/b11-10+. The van der Waals surface area contributed by atoms with Crippen LogP contribution < -0.4 is 4.74 Å². The lowest BCUT2D eigenvalue weighted by molar-refractivity contribution is -0.143. The summed E-state index contributed by atoms with van der Waals surface area (Å²) < 4.78 is 16.0. The van der Waals surface area contributed by atoms with Gasteiger partial charge in [-0.15, -0.1) is 0 Å². The van der Waals surface area contributed by atoms with E-state index in [1.54, 1.807) is 36.3 Å². The van der Waals surface area contributed by atoms with Gasteiger partial charge < -0.3 is 18.8 Å². The van der Waals surface area contributed by atoms with Crippen LogP contribution in [0.5, 0.6) is 5.75 Å². The van der Waals surface area contributed by atoms with Crippen LogP contribution in [-0.2, 0) is 20.9 Å². The molecule has 1 heterocycles. The van der Waals surface area contributed by atoms with Gasteiger partial charge in [0.1, 0.15) is 11.5 Å². The topological polar surface area (TPSA) is 69.0 Å². The van der Waals surface area contributed by atoms with E-state index in [9.17, 15) is 9.59 Å². The van der Waals surface area contributed by atoms with E-state index in [1.165, 1.54) is 6.08 Å². The molecule has 2 rings (SSSR count). The van der Waals surface area contributed by atoms with E-state index >= 15 is 0 Å². The summed E-state index contributed by atoms with van der Waals surface area (Å²) in [5.41, 5.74) is 0.856. The first-order valence-corrected chi connectivity index (χ1v) is 9.39. The molecule has 0 radical (unpaired) electrons. The van der Waals surface area contributed by atoms with E-state index in [0.717, 1.165) is 11.3 Å². The van der Waals surface area contributed by atoms with Gasteiger partial charge in [-0.2, -0.15) is 0 Å². The highest BCUT2D eigenvalue weighted by Gasteiger charge is 2.15. The van der Waals surface area contributed by atoms with Gasteiger partial charge >= 0.3 is 5.97 Å². The quantitative estimate of drug-likeness (QED) is 0.456. The van der Waals surface area contributed by atoms with Crippen LogP contribution in [0.15, 0.2) is 53.2 Å². The minimum absolute atomic E-state index is 0.0764. The minimum atomic E-state index is -0.331. The molecule has 0 bridgehead atoms. The summed E-state index contributed by atoms with van der Waals surface area (Å²) in [4.78, 5) is 25.9. The molecule has 1 amide bonds. The molecule has 0 aliphatic heterocycles. The summed E-state index contributed by atoms with van der Waals surface area (Å²) in [6, 6.07) is 11.1. The van der Waals surface area contributed by atoms with Crippen molar-refractivity contribution in [1.82, 2.24) is 4.90 Å². The lowest BCUT2D eigenvalue weighted by Crippen LogP contribution is -2.31. The number of benzene rings is 1. The van der Waals surface area contributed by atoms with Crippen molar-refractivity contribution in [3.63, 3.8) is 0 Å². The molecule has 0 N–H and O–H groups in total. The van der Waals surface area contributed by atoms with Gasteiger partial charge in [0, 0.05) is 12.6 Å². The van der Waals surface area contributed by atoms with Crippen LogP contribution in [0.4, 0.5) is 0 Å². The van der Waals surface area contributed by atoms with Gasteiger partial charge in [0.15, 0.2) is 0 Å². The third-order valence-corrected chi connectivity index (χ3v) is 3.78. The smallest absolute Gasteiger partial charge is 0.307 e. The van der Waals surface area contributed by atoms with Crippen LogP contribution in [0.1, 0.15) is 38.5 Å². The van der Waals surface area contributed by atoms with E-state index < -0.39 is 0 Å².